The largest absolute Gasteiger partial charge is 0.468 e. The molecule has 1 aliphatic rings. The van der Waals surface area contributed by atoms with Gasteiger partial charge >= 0.3 is 12.6 Å². The van der Waals surface area contributed by atoms with E-state index in [9.17, 15) is 9.90 Å². The van der Waals surface area contributed by atoms with Gasteiger partial charge in [0.25, 0.3) is 0 Å². The number of carbonyl (C=O) groups is 1. The highest BCUT2D eigenvalue weighted by Gasteiger charge is 2.57. The van der Waals surface area contributed by atoms with E-state index in [1.165, 1.54) is 24.9 Å². The Kier molecular flexibility index (Phi) is 9.06. The number of fused-ring (bicyclic) bond motifs is 1. The number of alkyl halides is 2. The standard InChI is InChI=1S/C23H29ClFN6O6PS/c1-13(22(33)34-4)30-38(39,37-15-8-6-5-7-9-15)35-11-23(10-24)18(32)16(25)21(36-23)31-12-27-17-19(26-3)28-14(2)29-20(17)31/h5-9,12-13,16,18,21,32H,10-11H2,1-4H3,(H,30,39)(H,26,28,29)/t13-,16+,18+,21-,23-,38+/m1/s1. The van der Waals surface area contributed by atoms with Gasteiger partial charge in [-0.25, -0.2) is 24.4 Å². The molecule has 0 aliphatic carbocycles. The van der Waals surface area contributed by atoms with Crippen LogP contribution in [-0.4, -0.2) is 81.2 Å². The smallest absolute Gasteiger partial charge is 0.323 e. The summed E-state index contributed by atoms with van der Waals surface area (Å²) in [5.74, 6) is 0.323. The summed E-state index contributed by atoms with van der Waals surface area (Å²) in [4.78, 5) is 25.0. The Morgan fingerprint density at radius 2 is 2.10 bits per heavy atom. The fourth-order valence-electron chi connectivity index (χ4n) is 4.06. The summed E-state index contributed by atoms with van der Waals surface area (Å²) in [6.07, 6.45) is -3.60. The van der Waals surface area contributed by atoms with E-state index in [4.69, 9.17) is 41.9 Å². The van der Waals surface area contributed by atoms with Gasteiger partial charge in [0.1, 0.15) is 29.3 Å². The Hall–Kier alpha value is -2.45. The maximum atomic E-state index is 15.6. The third kappa shape index (κ3) is 6.02. The highest BCUT2D eigenvalue weighted by molar-refractivity contribution is 8.09. The quantitative estimate of drug-likeness (QED) is 0.169. The minimum atomic E-state index is -3.49. The van der Waals surface area contributed by atoms with Crippen LogP contribution in [0.15, 0.2) is 36.7 Å². The zero-order chi connectivity index (χ0) is 28.4. The van der Waals surface area contributed by atoms with E-state index >= 15 is 4.39 Å². The van der Waals surface area contributed by atoms with Gasteiger partial charge in [-0.3, -0.25) is 9.36 Å². The number of benzene rings is 1. The van der Waals surface area contributed by atoms with Gasteiger partial charge < -0.3 is 28.9 Å². The van der Waals surface area contributed by atoms with Gasteiger partial charge in [0.15, 0.2) is 29.4 Å². The van der Waals surface area contributed by atoms with Crippen molar-refractivity contribution < 1.29 is 32.8 Å². The lowest BCUT2D eigenvalue weighted by Crippen LogP contribution is -2.48. The summed E-state index contributed by atoms with van der Waals surface area (Å²) in [7, 11) is 2.92. The van der Waals surface area contributed by atoms with Crippen LogP contribution in [0.3, 0.4) is 0 Å². The summed E-state index contributed by atoms with van der Waals surface area (Å²) >= 11 is 11.9. The summed E-state index contributed by atoms with van der Waals surface area (Å²) < 4.78 is 39.8. The van der Waals surface area contributed by atoms with Crippen molar-refractivity contribution in [2.45, 2.75) is 44.0 Å². The molecule has 3 heterocycles. The van der Waals surface area contributed by atoms with Crippen molar-refractivity contribution in [3.63, 3.8) is 0 Å². The van der Waals surface area contributed by atoms with Gasteiger partial charge in [0.2, 0.25) is 0 Å². The lowest BCUT2D eigenvalue weighted by atomic mass is 9.99. The highest BCUT2D eigenvalue weighted by Crippen LogP contribution is 2.49. The average Bonchev–Trinajstić information content (AvgIpc) is 3.45. The molecule has 0 spiro atoms. The van der Waals surface area contributed by atoms with E-state index in [0.29, 0.717) is 28.6 Å². The van der Waals surface area contributed by atoms with Crippen LogP contribution in [0.2, 0.25) is 0 Å². The Labute approximate surface area is 234 Å². The first-order valence-corrected chi connectivity index (χ1v) is 15.0. The number of aromatic nitrogens is 4. The normalized spacial score (nSPS) is 25.3. The summed E-state index contributed by atoms with van der Waals surface area (Å²) in [6, 6.07) is 7.69. The van der Waals surface area contributed by atoms with Gasteiger partial charge in [-0.15, -0.1) is 11.6 Å². The number of hydrogen-bond acceptors (Lipinski definition) is 11. The van der Waals surface area contributed by atoms with Crippen molar-refractivity contribution in [3.8, 4) is 5.75 Å². The number of nitrogens with zero attached hydrogens (tertiary/aromatic N) is 4. The Bertz CT molecular complexity index is 1370. The molecule has 1 fully saturated rings. The lowest BCUT2D eigenvalue weighted by Gasteiger charge is -2.33. The van der Waals surface area contributed by atoms with Crippen molar-refractivity contribution in [2.75, 3.05) is 32.0 Å². The molecule has 6 atom stereocenters. The second kappa shape index (κ2) is 12.0. The van der Waals surface area contributed by atoms with Crippen LogP contribution in [-0.2, 0) is 30.6 Å². The number of anilines is 1. The lowest BCUT2D eigenvalue weighted by molar-refractivity contribution is -0.142. The minimum Gasteiger partial charge on any atom is -0.468 e. The fraction of sp³-hybridized carbons (Fsp3) is 0.478. The summed E-state index contributed by atoms with van der Waals surface area (Å²) in [6.45, 7) is -0.729. The number of ether oxygens (including phenoxy) is 2. The van der Waals surface area contributed by atoms with Gasteiger partial charge in [-0.2, -0.15) is 0 Å². The zero-order valence-electron chi connectivity index (χ0n) is 21.6. The van der Waals surface area contributed by atoms with E-state index in [1.807, 2.05) is 0 Å². The number of carbonyl (C=O) groups excluding carboxylic acids is 1. The number of halogens is 2. The highest BCUT2D eigenvalue weighted by atomic mass is 35.5. The van der Waals surface area contributed by atoms with E-state index in [-0.39, 0.29) is 5.88 Å². The molecule has 0 amide bonds. The van der Waals surface area contributed by atoms with Gasteiger partial charge in [-0.05, 0) is 37.8 Å². The van der Waals surface area contributed by atoms with Crippen molar-refractivity contribution in [1.82, 2.24) is 24.6 Å². The molecule has 39 heavy (non-hydrogen) atoms. The van der Waals surface area contributed by atoms with Gasteiger partial charge in [-0.1, -0.05) is 18.2 Å². The van der Waals surface area contributed by atoms with Crippen molar-refractivity contribution in [2.24, 2.45) is 0 Å². The van der Waals surface area contributed by atoms with Crippen LogP contribution in [0.1, 0.15) is 19.0 Å². The van der Waals surface area contributed by atoms with E-state index in [2.05, 4.69) is 25.4 Å². The monoisotopic (exact) mass is 602 g/mol. The molecule has 0 saturated carbocycles. The number of aryl methyl sites for hydroxylation is 1. The van der Waals surface area contributed by atoms with Crippen LogP contribution >= 0.6 is 18.2 Å². The molecule has 0 bridgehead atoms. The number of esters is 1. The maximum Gasteiger partial charge on any atom is 0.323 e. The minimum absolute atomic E-state index is 0.309. The SMILES string of the molecule is CNc1nc(C)nc2c1ncn2[C@@H]1O[C@](CCl)(CO[P@@](=S)(N[C@H](C)C(=O)OC)Oc2ccccc2)[C@@H](O)[C@@H]1F. The van der Waals surface area contributed by atoms with Gasteiger partial charge in [0.05, 0.1) is 25.9 Å². The Morgan fingerprint density at radius 3 is 2.74 bits per heavy atom. The van der Waals surface area contributed by atoms with Crippen LogP contribution in [0, 0.1) is 6.92 Å². The number of methoxy groups -OCH3 is 1. The van der Waals surface area contributed by atoms with Crippen LogP contribution in [0.25, 0.3) is 11.2 Å². The first-order chi connectivity index (χ1) is 18.6. The van der Waals surface area contributed by atoms with Crippen LogP contribution in [0.5, 0.6) is 5.75 Å². The molecule has 1 aliphatic heterocycles. The molecule has 3 aromatic rings. The number of imidazole rings is 1. The molecule has 12 nitrogen and oxygen atoms in total. The average molecular weight is 603 g/mol. The molecule has 0 unspecified atom stereocenters. The van der Waals surface area contributed by atoms with Gasteiger partial charge in [0, 0.05) is 7.05 Å². The molecular weight excluding hydrogens is 574 g/mol. The third-order valence-corrected chi connectivity index (χ3v) is 9.03. The fourth-order valence-corrected chi connectivity index (χ4v) is 6.79. The number of hydrogen-bond donors (Lipinski definition) is 3. The molecule has 0 radical (unpaired) electrons. The Balaban J connectivity index is 1.62. The predicted octanol–water partition coefficient (Wildman–Crippen LogP) is 2.85. The third-order valence-electron chi connectivity index (χ3n) is 6.09. The van der Waals surface area contributed by atoms with Crippen molar-refractivity contribution >= 4 is 53.0 Å². The maximum absolute atomic E-state index is 15.6. The van der Waals surface area contributed by atoms with Crippen LogP contribution < -0.4 is 14.9 Å². The van der Waals surface area contributed by atoms with Crippen molar-refractivity contribution in [1.29, 1.82) is 0 Å². The molecule has 16 heteroatoms. The van der Waals surface area contributed by atoms with Crippen molar-refractivity contribution in [3.05, 3.63) is 42.5 Å². The summed E-state index contributed by atoms with van der Waals surface area (Å²) in [5, 5.41) is 16.8. The second-order valence-corrected chi connectivity index (χ2v) is 12.2. The summed E-state index contributed by atoms with van der Waals surface area (Å²) in [5.41, 5.74) is -1.01. The molecular formula is C23H29ClFN6O6PS. The van der Waals surface area contributed by atoms with E-state index in [0.717, 1.165) is 0 Å². The molecule has 2 aromatic heterocycles. The zero-order valence-corrected chi connectivity index (χ0v) is 24.0. The number of aliphatic hydroxyl groups excluding tert-OH is 1. The number of aliphatic hydroxyl groups is 1. The Morgan fingerprint density at radius 1 is 1.38 bits per heavy atom. The molecule has 1 aromatic carbocycles. The number of rotatable bonds is 11. The molecule has 4 rings (SSSR count). The second-order valence-electron chi connectivity index (χ2n) is 8.84. The van der Waals surface area contributed by atoms with E-state index in [1.54, 1.807) is 44.3 Å². The number of para-hydroxylation sites is 1. The number of nitrogens with one attached hydrogen (secondary N) is 2. The molecule has 3 N–H and O–H groups in total. The first-order valence-electron chi connectivity index (χ1n) is 11.9. The first kappa shape index (κ1) is 29.5. The topological polar surface area (TPSA) is 142 Å². The molecule has 212 valence electrons. The molecule has 1 saturated heterocycles. The van der Waals surface area contributed by atoms with E-state index < -0.39 is 49.4 Å². The van der Waals surface area contributed by atoms with Crippen LogP contribution in [0.4, 0.5) is 10.2 Å². The predicted molar refractivity (Wildman–Crippen MR) is 146 cm³/mol.